The molecule has 2 unspecified atom stereocenters. The number of hydrogen-bond acceptors (Lipinski definition) is 5. The van der Waals surface area contributed by atoms with E-state index in [0.29, 0.717) is 43.1 Å². The summed E-state index contributed by atoms with van der Waals surface area (Å²) < 4.78 is 0. The molecule has 7 nitrogen and oxygen atoms in total. The second kappa shape index (κ2) is 7.22. The zero-order valence-electron chi connectivity index (χ0n) is 17.9. The molecule has 1 aliphatic heterocycles. The molecule has 4 aliphatic carbocycles. The Balaban J connectivity index is 1.28. The second-order valence-electron chi connectivity index (χ2n) is 10.1. The molecule has 6 rings (SSSR count). The summed E-state index contributed by atoms with van der Waals surface area (Å²) in [7, 11) is 0. The van der Waals surface area contributed by atoms with Crippen LogP contribution in [0.25, 0.3) is 0 Å². The molecule has 4 saturated carbocycles. The number of aliphatic hydroxyl groups is 1. The number of carbonyl (C=O) groups is 2. The van der Waals surface area contributed by atoms with E-state index >= 15 is 0 Å². The molecular formula is C23H32N4O3. The SMILES string of the molecule is CC(=O)N1CCN(c2cccc(C(=O)N[C@H]3C4CC5CC3C[C@](O)(C5)C4)n2)[C@H](C)C1. The molecule has 1 aromatic heterocycles. The molecule has 30 heavy (non-hydrogen) atoms. The van der Waals surface area contributed by atoms with Gasteiger partial charge in [0.25, 0.3) is 5.91 Å². The van der Waals surface area contributed by atoms with Gasteiger partial charge in [-0.1, -0.05) is 6.07 Å². The van der Waals surface area contributed by atoms with Gasteiger partial charge in [-0.2, -0.15) is 0 Å². The minimum Gasteiger partial charge on any atom is -0.390 e. The van der Waals surface area contributed by atoms with Crippen LogP contribution in [-0.2, 0) is 4.79 Å². The number of amides is 2. The molecule has 3 atom stereocenters. The summed E-state index contributed by atoms with van der Waals surface area (Å²) in [6, 6.07) is 5.91. The van der Waals surface area contributed by atoms with Gasteiger partial charge in [-0.25, -0.2) is 4.98 Å². The number of hydrogen-bond donors (Lipinski definition) is 2. The Kier molecular flexibility index (Phi) is 4.76. The Morgan fingerprint density at radius 3 is 2.53 bits per heavy atom. The Labute approximate surface area is 177 Å². The van der Waals surface area contributed by atoms with Crippen molar-refractivity contribution in [2.75, 3.05) is 24.5 Å². The first-order chi connectivity index (χ1) is 14.3. The molecule has 0 aromatic carbocycles. The third kappa shape index (κ3) is 3.47. The van der Waals surface area contributed by atoms with E-state index in [4.69, 9.17) is 0 Å². The first kappa shape index (κ1) is 19.8. The molecule has 5 fully saturated rings. The van der Waals surface area contributed by atoms with Gasteiger partial charge in [-0.05, 0) is 68.9 Å². The highest BCUT2D eigenvalue weighted by Gasteiger charge is 2.55. The summed E-state index contributed by atoms with van der Waals surface area (Å²) in [5.74, 6) is 2.16. The van der Waals surface area contributed by atoms with Crippen molar-refractivity contribution in [1.82, 2.24) is 15.2 Å². The van der Waals surface area contributed by atoms with Crippen LogP contribution in [0.3, 0.4) is 0 Å². The quantitative estimate of drug-likeness (QED) is 0.791. The van der Waals surface area contributed by atoms with Gasteiger partial charge < -0.3 is 20.2 Å². The largest absolute Gasteiger partial charge is 0.390 e. The average molecular weight is 413 g/mol. The molecule has 4 bridgehead atoms. The van der Waals surface area contributed by atoms with Gasteiger partial charge in [0, 0.05) is 38.6 Å². The third-order valence-electron chi connectivity index (χ3n) is 7.87. The Hall–Kier alpha value is -2.15. The number of carbonyl (C=O) groups excluding carboxylic acids is 2. The summed E-state index contributed by atoms with van der Waals surface area (Å²) in [5, 5.41) is 14.0. The maximum atomic E-state index is 13.1. The van der Waals surface area contributed by atoms with Crippen molar-refractivity contribution in [2.24, 2.45) is 17.8 Å². The fraction of sp³-hybridized carbons (Fsp3) is 0.696. The summed E-state index contributed by atoms with van der Waals surface area (Å²) in [6.07, 6.45) is 4.82. The van der Waals surface area contributed by atoms with Gasteiger partial charge in [-0.3, -0.25) is 9.59 Å². The number of pyridine rings is 1. The third-order valence-corrected chi connectivity index (χ3v) is 7.87. The average Bonchev–Trinajstić information content (AvgIpc) is 2.69. The highest BCUT2D eigenvalue weighted by molar-refractivity contribution is 5.93. The summed E-state index contributed by atoms with van der Waals surface area (Å²) in [6.45, 7) is 5.75. The van der Waals surface area contributed by atoms with E-state index in [-0.39, 0.29) is 23.9 Å². The van der Waals surface area contributed by atoms with Gasteiger partial charge in [0.05, 0.1) is 5.60 Å². The monoisotopic (exact) mass is 412 g/mol. The number of aromatic nitrogens is 1. The molecule has 0 radical (unpaired) electrons. The number of rotatable bonds is 3. The molecule has 0 spiro atoms. The van der Waals surface area contributed by atoms with Crippen molar-refractivity contribution in [2.45, 2.75) is 63.6 Å². The number of nitrogens with one attached hydrogen (secondary N) is 1. The van der Waals surface area contributed by atoms with Gasteiger partial charge in [0.2, 0.25) is 5.91 Å². The Morgan fingerprint density at radius 2 is 1.90 bits per heavy atom. The zero-order valence-corrected chi connectivity index (χ0v) is 17.9. The lowest BCUT2D eigenvalue weighted by Gasteiger charge is -2.58. The van der Waals surface area contributed by atoms with Gasteiger partial charge in [-0.15, -0.1) is 0 Å². The fourth-order valence-electron chi connectivity index (χ4n) is 6.74. The standard InChI is InChI=1S/C23H32N4O3/c1-14-13-26(15(2)28)6-7-27(14)20-5-3-4-19(24-20)22(29)25-21-17-8-16-9-18(21)12-23(30,10-16)11-17/h3-5,14,16-18,21,30H,6-13H2,1-2H3,(H,25,29)/t14-,16?,17?,18?,21-,23-/m1/s1. The van der Waals surface area contributed by atoms with E-state index in [1.807, 2.05) is 17.0 Å². The van der Waals surface area contributed by atoms with Crippen LogP contribution in [0.2, 0.25) is 0 Å². The second-order valence-corrected chi connectivity index (χ2v) is 10.1. The number of nitrogens with zero attached hydrogens (tertiary/aromatic N) is 3. The van der Waals surface area contributed by atoms with E-state index < -0.39 is 5.60 Å². The van der Waals surface area contributed by atoms with Crippen molar-refractivity contribution >= 4 is 17.6 Å². The maximum absolute atomic E-state index is 13.1. The molecule has 162 valence electrons. The molecule has 1 aromatic rings. The lowest BCUT2D eigenvalue weighted by atomic mass is 9.52. The smallest absolute Gasteiger partial charge is 0.270 e. The van der Waals surface area contributed by atoms with E-state index in [2.05, 4.69) is 22.1 Å². The highest BCUT2D eigenvalue weighted by atomic mass is 16.3. The lowest BCUT2D eigenvalue weighted by Crippen LogP contribution is -2.61. The molecule has 5 aliphatic rings. The predicted molar refractivity (Wildman–Crippen MR) is 113 cm³/mol. The topological polar surface area (TPSA) is 85.8 Å². The summed E-state index contributed by atoms with van der Waals surface area (Å²) in [4.78, 5) is 33.4. The molecular weight excluding hydrogens is 380 g/mol. The van der Waals surface area contributed by atoms with E-state index in [1.54, 1.807) is 13.0 Å². The first-order valence-electron chi connectivity index (χ1n) is 11.3. The van der Waals surface area contributed by atoms with Crippen LogP contribution in [0.4, 0.5) is 5.82 Å². The van der Waals surface area contributed by atoms with E-state index in [9.17, 15) is 14.7 Å². The minimum atomic E-state index is -0.492. The van der Waals surface area contributed by atoms with E-state index in [1.165, 1.54) is 0 Å². The number of piperazine rings is 1. The van der Waals surface area contributed by atoms with Crippen LogP contribution in [0, 0.1) is 17.8 Å². The van der Waals surface area contributed by atoms with Crippen molar-refractivity contribution < 1.29 is 14.7 Å². The number of anilines is 1. The zero-order chi connectivity index (χ0) is 21.0. The van der Waals surface area contributed by atoms with Crippen LogP contribution in [0.5, 0.6) is 0 Å². The van der Waals surface area contributed by atoms with Crippen LogP contribution in [0.15, 0.2) is 18.2 Å². The molecule has 2 N–H and O–H groups in total. The Morgan fingerprint density at radius 1 is 1.17 bits per heavy atom. The summed E-state index contributed by atoms with van der Waals surface area (Å²) in [5.41, 5.74) is -0.0464. The van der Waals surface area contributed by atoms with Gasteiger partial charge >= 0.3 is 0 Å². The minimum absolute atomic E-state index is 0.0999. The fourth-order valence-corrected chi connectivity index (χ4v) is 6.74. The summed E-state index contributed by atoms with van der Waals surface area (Å²) >= 11 is 0. The van der Waals surface area contributed by atoms with Crippen LogP contribution < -0.4 is 10.2 Å². The first-order valence-corrected chi connectivity index (χ1v) is 11.3. The lowest BCUT2D eigenvalue weighted by molar-refractivity contribution is -0.137. The highest BCUT2D eigenvalue weighted by Crippen LogP contribution is 2.55. The molecule has 7 heteroatoms. The normalized spacial score (nSPS) is 37.4. The van der Waals surface area contributed by atoms with Crippen molar-refractivity contribution in [3.63, 3.8) is 0 Å². The molecule has 1 saturated heterocycles. The Bertz CT molecular complexity index is 843. The molecule has 2 heterocycles. The van der Waals surface area contributed by atoms with Crippen molar-refractivity contribution in [3.8, 4) is 0 Å². The van der Waals surface area contributed by atoms with Gasteiger partial charge in [0.1, 0.15) is 11.5 Å². The van der Waals surface area contributed by atoms with Crippen LogP contribution in [0.1, 0.15) is 56.4 Å². The van der Waals surface area contributed by atoms with Crippen LogP contribution in [-0.4, -0.2) is 64.1 Å². The van der Waals surface area contributed by atoms with Crippen molar-refractivity contribution in [1.29, 1.82) is 0 Å². The molecule has 2 amide bonds. The van der Waals surface area contributed by atoms with Crippen molar-refractivity contribution in [3.05, 3.63) is 23.9 Å². The van der Waals surface area contributed by atoms with E-state index in [0.717, 1.165) is 37.9 Å². The van der Waals surface area contributed by atoms with Crippen LogP contribution >= 0.6 is 0 Å². The maximum Gasteiger partial charge on any atom is 0.270 e. The predicted octanol–water partition coefficient (Wildman–Crippen LogP) is 1.81. The van der Waals surface area contributed by atoms with Gasteiger partial charge in [0.15, 0.2) is 0 Å².